The number of nitrogens with zero attached hydrogens (tertiary/aromatic N) is 2. The Morgan fingerprint density at radius 1 is 0.955 bits per heavy atom. The zero-order valence-corrected chi connectivity index (χ0v) is 13.3. The normalized spacial score (nSPS) is 11.0. The van der Waals surface area contributed by atoms with Crippen molar-refractivity contribution in [2.24, 2.45) is 0 Å². The molecule has 0 atom stereocenters. The standard InChI is InChI=1S/C14H19N5O2S/c1-3-15-12-10-13(18-14(17-12)16-4-2)19-22(20,21)11-8-6-5-7-9-11/h5-10H,3-4H2,1-2H3,(H3,15,16,17,18,19). The molecule has 1 aromatic carbocycles. The molecule has 0 unspecified atom stereocenters. The van der Waals surface area contributed by atoms with Crippen molar-refractivity contribution in [3.63, 3.8) is 0 Å². The first-order chi connectivity index (χ1) is 10.5. The van der Waals surface area contributed by atoms with Gasteiger partial charge < -0.3 is 10.6 Å². The lowest BCUT2D eigenvalue weighted by Crippen LogP contribution is -2.15. The molecule has 0 saturated heterocycles. The van der Waals surface area contributed by atoms with Crippen LogP contribution in [-0.2, 0) is 10.0 Å². The van der Waals surface area contributed by atoms with Crippen molar-refractivity contribution in [1.82, 2.24) is 9.97 Å². The van der Waals surface area contributed by atoms with Crippen LogP contribution in [0.3, 0.4) is 0 Å². The first-order valence-electron chi connectivity index (χ1n) is 7.00. The van der Waals surface area contributed by atoms with Crippen molar-refractivity contribution < 1.29 is 8.42 Å². The van der Waals surface area contributed by atoms with Crippen molar-refractivity contribution in [2.75, 3.05) is 28.4 Å². The highest BCUT2D eigenvalue weighted by Gasteiger charge is 2.15. The van der Waals surface area contributed by atoms with Crippen LogP contribution in [0.4, 0.5) is 17.6 Å². The Bertz CT molecular complexity index is 695. The maximum Gasteiger partial charge on any atom is 0.263 e. The zero-order chi connectivity index (χ0) is 16.0. The molecular formula is C14H19N5O2S. The molecule has 0 saturated carbocycles. The summed E-state index contributed by atoms with van der Waals surface area (Å²) in [5.41, 5.74) is 0. The van der Waals surface area contributed by atoms with E-state index in [1.807, 2.05) is 13.8 Å². The molecule has 0 aliphatic rings. The number of rotatable bonds is 7. The average molecular weight is 321 g/mol. The predicted octanol–water partition coefficient (Wildman–Crippen LogP) is 2.14. The molecule has 0 aliphatic heterocycles. The van der Waals surface area contributed by atoms with E-state index in [0.717, 1.165) is 0 Å². The number of nitrogens with one attached hydrogen (secondary N) is 3. The second kappa shape index (κ2) is 7.08. The third kappa shape index (κ3) is 4.08. The lowest BCUT2D eigenvalue weighted by Gasteiger charge is -2.11. The van der Waals surface area contributed by atoms with Crippen LogP contribution in [0.2, 0.25) is 0 Å². The minimum atomic E-state index is -3.67. The highest BCUT2D eigenvalue weighted by molar-refractivity contribution is 7.92. The van der Waals surface area contributed by atoms with Crippen molar-refractivity contribution in [2.45, 2.75) is 18.7 Å². The fourth-order valence-electron chi connectivity index (χ4n) is 1.80. The van der Waals surface area contributed by atoms with Gasteiger partial charge in [-0.05, 0) is 26.0 Å². The van der Waals surface area contributed by atoms with Gasteiger partial charge in [-0.3, -0.25) is 4.72 Å². The third-order valence-electron chi connectivity index (χ3n) is 2.71. The van der Waals surface area contributed by atoms with Crippen LogP contribution in [0.25, 0.3) is 0 Å². The summed E-state index contributed by atoms with van der Waals surface area (Å²) in [6, 6.07) is 9.71. The molecule has 0 fully saturated rings. The van der Waals surface area contributed by atoms with Crippen molar-refractivity contribution in [1.29, 1.82) is 0 Å². The lowest BCUT2D eigenvalue weighted by atomic mass is 10.4. The maximum absolute atomic E-state index is 12.3. The summed E-state index contributed by atoms with van der Waals surface area (Å²) in [5, 5.41) is 6.02. The molecule has 0 radical (unpaired) electrons. The van der Waals surface area contributed by atoms with Crippen LogP contribution < -0.4 is 15.4 Å². The SMILES string of the molecule is CCNc1cc(NS(=O)(=O)c2ccccc2)nc(NCC)n1. The van der Waals surface area contributed by atoms with Crippen LogP contribution in [0.5, 0.6) is 0 Å². The summed E-state index contributed by atoms with van der Waals surface area (Å²) >= 11 is 0. The van der Waals surface area contributed by atoms with Gasteiger partial charge in [0.15, 0.2) is 0 Å². The zero-order valence-electron chi connectivity index (χ0n) is 12.5. The van der Waals surface area contributed by atoms with Gasteiger partial charge in [-0.2, -0.15) is 9.97 Å². The summed E-state index contributed by atoms with van der Waals surface area (Å²) in [6.07, 6.45) is 0. The number of benzene rings is 1. The van der Waals surface area contributed by atoms with Gasteiger partial charge in [0.05, 0.1) is 4.90 Å². The Labute approximate surface area is 130 Å². The molecule has 2 rings (SSSR count). The third-order valence-corrected chi connectivity index (χ3v) is 4.08. The Balaban J connectivity index is 2.31. The molecule has 3 N–H and O–H groups in total. The van der Waals surface area contributed by atoms with Gasteiger partial charge in [0.1, 0.15) is 11.6 Å². The number of anilines is 3. The Kier molecular flexibility index (Phi) is 5.16. The number of sulfonamides is 1. The van der Waals surface area contributed by atoms with Gasteiger partial charge in [-0.15, -0.1) is 0 Å². The van der Waals surface area contributed by atoms with Crippen molar-refractivity contribution in [3.05, 3.63) is 36.4 Å². The fraction of sp³-hybridized carbons (Fsp3) is 0.286. The topological polar surface area (TPSA) is 96.0 Å². The Morgan fingerprint density at radius 3 is 2.23 bits per heavy atom. The van der Waals surface area contributed by atoms with E-state index in [0.29, 0.717) is 24.9 Å². The smallest absolute Gasteiger partial charge is 0.263 e. The van der Waals surface area contributed by atoms with Gasteiger partial charge >= 0.3 is 0 Å². The van der Waals surface area contributed by atoms with E-state index in [1.54, 1.807) is 24.3 Å². The van der Waals surface area contributed by atoms with Crippen molar-refractivity contribution in [3.8, 4) is 0 Å². The lowest BCUT2D eigenvalue weighted by molar-refractivity contribution is 0.601. The summed E-state index contributed by atoms with van der Waals surface area (Å²) < 4.78 is 27.1. The Morgan fingerprint density at radius 2 is 1.59 bits per heavy atom. The van der Waals surface area contributed by atoms with Crippen LogP contribution >= 0.6 is 0 Å². The predicted molar refractivity (Wildman–Crippen MR) is 87.6 cm³/mol. The summed E-state index contributed by atoms with van der Waals surface area (Å²) in [5.74, 6) is 1.14. The molecular weight excluding hydrogens is 302 g/mol. The molecule has 2 aromatic rings. The minimum absolute atomic E-state index is 0.184. The highest BCUT2D eigenvalue weighted by Crippen LogP contribution is 2.18. The average Bonchev–Trinajstić information content (AvgIpc) is 2.48. The second-order valence-electron chi connectivity index (χ2n) is 4.44. The summed E-state index contributed by atoms with van der Waals surface area (Å²) in [4.78, 5) is 8.59. The largest absolute Gasteiger partial charge is 0.370 e. The molecule has 8 heteroatoms. The van der Waals surface area contributed by atoms with E-state index in [2.05, 4.69) is 25.3 Å². The number of hydrogen-bond acceptors (Lipinski definition) is 6. The van der Waals surface area contributed by atoms with E-state index >= 15 is 0 Å². The van der Waals surface area contributed by atoms with E-state index in [9.17, 15) is 8.42 Å². The van der Waals surface area contributed by atoms with Gasteiger partial charge in [0.2, 0.25) is 5.95 Å². The van der Waals surface area contributed by atoms with Crippen LogP contribution in [-0.4, -0.2) is 31.5 Å². The number of aromatic nitrogens is 2. The van der Waals surface area contributed by atoms with Gasteiger partial charge in [-0.1, -0.05) is 18.2 Å². The second-order valence-corrected chi connectivity index (χ2v) is 6.12. The minimum Gasteiger partial charge on any atom is -0.370 e. The quantitative estimate of drug-likeness (QED) is 0.723. The molecule has 0 bridgehead atoms. The van der Waals surface area contributed by atoms with Crippen LogP contribution in [0.1, 0.15) is 13.8 Å². The van der Waals surface area contributed by atoms with Crippen LogP contribution in [0.15, 0.2) is 41.3 Å². The van der Waals surface area contributed by atoms with E-state index in [-0.39, 0.29) is 10.7 Å². The van der Waals surface area contributed by atoms with Crippen LogP contribution in [0, 0.1) is 0 Å². The van der Waals surface area contributed by atoms with Gasteiger partial charge in [0.25, 0.3) is 10.0 Å². The monoisotopic (exact) mass is 321 g/mol. The molecule has 118 valence electrons. The van der Waals surface area contributed by atoms with Crippen molar-refractivity contribution >= 4 is 27.6 Å². The van der Waals surface area contributed by atoms with E-state index < -0.39 is 10.0 Å². The molecule has 1 aromatic heterocycles. The molecule has 0 aliphatic carbocycles. The Hall–Kier alpha value is -2.35. The van der Waals surface area contributed by atoms with E-state index in [1.165, 1.54) is 12.1 Å². The fourth-order valence-corrected chi connectivity index (χ4v) is 2.82. The molecule has 22 heavy (non-hydrogen) atoms. The summed E-state index contributed by atoms with van der Waals surface area (Å²) in [7, 11) is -3.67. The molecule has 1 heterocycles. The van der Waals surface area contributed by atoms with E-state index in [4.69, 9.17) is 0 Å². The van der Waals surface area contributed by atoms with Gasteiger partial charge in [0, 0.05) is 19.2 Å². The number of hydrogen-bond donors (Lipinski definition) is 3. The van der Waals surface area contributed by atoms with Gasteiger partial charge in [-0.25, -0.2) is 8.42 Å². The first-order valence-corrected chi connectivity index (χ1v) is 8.48. The maximum atomic E-state index is 12.3. The summed E-state index contributed by atoms with van der Waals surface area (Å²) in [6.45, 7) is 5.16. The molecule has 0 spiro atoms. The molecule has 0 amide bonds. The molecule has 7 nitrogen and oxygen atoms in total. The first kappa shape index (κ1) is 16.0. The highest BCUT2D eigenvalue weighted by atomic mass is 32.2.